The van der Waals surface area contributed by atoms with Crippen LogP contribution in [0.5, 0.6) is 0 Å². The SMILES string of the molecule is CC(C)N(C)S(=O)(=O)c1ccc(CNC(=O)C2CCCCC2(C)N)cc1.Cl. The molecule has 0 spiro atoms. The van der Waals surface area contributed by atoms with E-state index in [9.17, 15) is 13.2 Å². The molecule has 6 nitrogen and oxygen atoms in total. The van der Waals surface area contributed by atoms with Crippen LogP contribution in [0.3, 0.4) is 0 Å². The largest absolute Gasteiger partial charge is 0.352 e. The Morgan fingerprint density at radius 2 is 1.89 bits per heavy atom. The molecule has 1 fully saturated rings. The highest BCUT2D eigenvalue weighted by atomic mass is 35.5. The number of nitrogens with two attached hydrogens (primary N) is 1. The van der Waals surface area contributed by atoms with E-state index in [0.29, 0.717) is 6.54 Å². The van der Waals surface area contributed by atoms with Crippen molar-refractivity contribution in [3.05, 3.63) is 29.8 Å². The zero-order valence-electron chi connectivity index (χ0n) is 16.6. The first kappa shape index (κ1) is 23.9. The molecule has 1 aliphatic rings. The summed E-state index contributed by atoms with van der Waals surface area (Å²) in [5.41, 5.74) is 6.68. The second-order valence-electron chi connectivity index (χ2n) is 7.78. The highest BCUT2D eigenvalue weighted by Crippen LogP contribution is 2.31. The van der Waals surface area contributed by atoms with Gasteiger partial charge < -0.3 is 11.1 Å². The van der Waals surface area contributed by atoms with Crippen molar-refractivity contribution in [2.24, 2.45) is 11.7 Å². The zero-order chi connectivity index (χ0) is 19.5. The van der Waals surface area contributed by atoms with Gasteiger partial charge in [-0.2, -0.15) is 4.31 Å². The molecule has 0 bridgehead atoms. The topological polar surface area (TPSA) is 92.5 Å². The van der Waals surface area contributed by atoms with Crippen LogP contribution in [0.25, 0.3) is 0 Å². The summed E-state index contributed by atoms with van der Waals surface area (Å²) in [5.74, 6) is -0.193. The summed E-state index contributed by atoms with van der Waals surface area (Å²) < 4.78 is 26.3. The summed E-state index contributed by atoms with van der Waals surface area (Å²) in [4.78, 5) is 12.7. The van der Waals surface area contributed by atoms with Gasteiger partial charge >= 0.3 is 0 Å². The maximum atomic E-state index is 12.5. The highest BCUT2D eigenvalue weighted by molar-refractivity contribution is 7.89. The van der Waals surface area contributed by atoms with Gasteiger partial charge in [-0.25, -0.2) is 8.42 Å². The lowest BCUT2D eigenvalue weighted by atomic mass is 9.74. The monoisotopic (exact) mass is 417 g/mol. The van der Waals surface area contributed by atoms with Crippen molar-refractivity contribution >= 4 is 28.3 Å². The fraction of sp³-hybridized carbons (Fsp3) is 0.632. The number of benzene rings is 1. The van der Waals surface area contributed by atoms with Crippen molar-refractivity contribution in [2.75, 3.05) is 7.05 Å². The standard InChI is InChI=1S/C19H31N3O3S.ClH/c1-14(2)22(4)26(24,25)16-10-8-15(9-11-16)13-21-18(23)17-7-5-6-12-19(17,3)20;/h8-11,14,17H,5-7,12-13,20H2,1-4H3,(H,21,23);1H. The minimum Gasteiger partial charge on any atom is -0.352 e. The lowest BCUT2D eigenvalue weighted by Gasteiger charge is -2.37. The molecule has 0 radical (unpaired) electrons. The maximum absolute atomic E-state index is 12.5. The fourth-order valence-corrected chi connectivity index (χ4v) is 4.69. The van der Waals surface area contributed by atoms with Crippen LogP contribution in [0.1, 0.15) is 52.0 Å². The van der Waals surface area contributed by atoms with Crippen LogP contribution in [-0.4, -0.2) is 37.3 Å². The molecule has 27 heavy (non-hydrogen) atoms. The van der Waals surface area contributed by atoms with E-state index >= 15 is 0 Å². The van der Waals surface area contributed by atoms with Gasteiger partial charge in [0.05, 0.1) is 10.8 Å². The Morgan fingerprint density at radius 3 is 2.41 bits per heavy atom. The number of hydrogen-bond acceptors (Lipinski definition) is 4. The molecular weight excluding hydrogens is 386 g/mol. The first-order chi connectivity index (χ1) is 12.1. The number of hydrogen-bond donors (Lipinski definition) is 2. The van der Waals surface area contributed by atoms with E-state index in [-0.39, 0.29) is 35.2 Å². The van der Waals surface area contributed by atoms with Gasteiger partial charge in [0.1, 0.15) is 0 Å². The molecule has 0 aromatic heterocycles. The van der Waals surface area contributed by atoms with E-state index in [0.717, 1.165) is 31.2 Å². The van der Waals surface area contributed by atoms with Gasteiger partial charge in [0.25, 0.3) is 0 Å². The fourth-order valence-electron chi connectivity index (χ4n) is 3.32. The van der Waals surface area contributed by atoms with Gasteiger partial charge in [-0.05, 0) is 51.3 Å². The van der Waals surface area contributed by atoms with Crippen molar-refractivity contribution in [1.29, 1.82) is 0 Å². The normalized spacial score (nSPS) is 23.1. The van der Waals surface area contributed by atoms with Crippen molar-refractivity contribution in [2.45, 2.75) is 69.5 Å². The molecule has 3 N–H and O–H groups in total. The average molecular weight is 418 g/mol. The average Bonchev–Trinajstić information content (AvgIpc) is 2.58. The van der Waals surface area contributed by atoms with Crippen LogP contribution in [0.15, 0.2) is 29.2 Å². The third kappa shape index (κ3) is 5.67. The van der Waals surface area contributed by atoms with Crippen LogP contribution in [-0.2, 0) is 21.4 Å². The molecule has 0 aliphatic heterocycles. The van der Waals surface area contributed by atoms with E-state index in [1.54, 1.807) is 31.3 Å². The van der Waals surface area contributed by atoms with Gasteiger partial charge in [0.2, 0.25) is 15.9 Å². The second kappa shape index (κ2) is 9.37. The molecule has 1 saturated carbocycles. The van der Waals surface area contributed by atoms with E-state index in [2.05, 4.69) is 5.32 Å². The molecule has 8 heteroatoms. The molecule has 1 aromatic carbocycles. The van der Waals surface area contributed by atoms with Crippen LogP contribution in [0.2, 0.25) is 0 Å². The number of sulfonamides is 1. The molecule has 154 valence electrons. The Morgan fingerprint density at radius 1 is 1.30 bits per heavy atom. The number of nitrogens with one attached hydrogen (secondary N) is 1. The molecule has 0 heterocycles. The summed E-state index contributed by atoms with van der Waals surface area (Å²) >= 11 is 0. The molecule has 0 saturated heterocycles. The van der Waals surface area contributed by atoms with Gasteiger partial charge in [0, 0.05) is 25.2 Å². The third-order valence-corrected chi connectivity index (χ3v) is 7.41. The van der Waals surface area contributed by atoms with E-state index in [1.165, 1.54) is 4.31 Å². The van der Waals surface area contributed by atoms with Crippen molar-refractivity contribution < 1.29 is 13.2 Å². The number of carbonyl (C=O) groups is 1. The minimum absolute atomic E-state index is 0. The van der Waals surface area contributed by atoms with Crippen LogP contribution in [0.4, 0.5) is 0 Å². The summed E-state index contributed by atoms with van der Waals surface area (Å²) in [6, 6.07) is 6.54. The minimum atomic E-state index is -3.49. The third-order valence-electron chi connectivity index (χ3n) is 5.37. The highest BCUT2D eigenvalue weighted by Gasteiger charge is 2.37. The maximum Gasteiger partial charge on any atom is 0.243 e. The Balaban J connectivity index is 0.00000364. The first-order valence-electron chi connectivity index (χ1n) is 9.19. The quantitative estimate of drug-likeness (QED) is 0.744. The Kier molecular flexibility index (Phi) is 8.29. The summed E-state index contributed by atoms with van der Waals surface area (Å²) in [5, 5.41) is 2.94. The number of rotatable bonds is 6. The van der Waals surface area contributed by atoms with E-state index in [4.69, 9.17) is 5.73 Å². The van der Waals surface area contributed by atoms with E-state index < -0.39 is 15.6 Å². The van der Waals surface area contributed by atoms with Gasteiger partial charge in [-0.15, -0.1) is 12.4 Å². The van der Waals surface area contributed by atoms with Gasteiger partial charge in [0.15, 0.2) is 0 Å². The van der Waals surface area contributed by atoms with Gasteiger partial charge in [-0.1, -0.05) is 25.0 Å². The van der Waals surface area contributed by atoms with Crippen molar-refractivity contribution in [3.63, 3.8) is 0 Å². The number of nitrogens with zero attached hydrogens (tertiary/aromatic N) is 1. The van der Waals surface area contributed by atoms with Gasteiger partial charge in [-0.3, -0.25) is 4.79 Å². The second-order valence-corrected chi connectivity index (χ2v) is 9.78. The number of halogens is 1. The molecule has 1 amide bonds. The predicted octanol–water partition coefficient (Wildman–Crippen LogP) is 2.66. The van der Waals surface area contributed by atoms with Crippen molar-refractivity contribution in [3.8, 4) is 0 Å². The Labute approximate surface area is 169 Å². The summed E-state index contributed by atoms with van der Waals surface area (Å²) in [6.07, 6.45) is 3.77. The lowest BCUT2D eigenvalue weighted by Crippen LogP contribution is -2.52. The van der Waals surface area contributed by atoms with Crippen LogP contribution < -0.4 is 11.1 Å². The van der Waals surface area contributed by atoms with Crippen LogP contribution in [0, 0.1) is 5.92 Å². The van der Waals surface area contributed by atoms with Crippen LogP contribution >= 0.6 is 12.4 Å². The molecule has 1 aromatic rings. The molecule has 2 unspecified atom stereocenters. The summed E-state index contributed by atoms with van der Waals surface area (Å²) in [7, 11) is -1.92. The predicted molar refractivity (Wildman–Crippen MR) is 110 cm³/mol. The summed E-state index contributed by atoms with van der Waals surface area (Å²) in [6.45, 7) is 5.98. The number of carbonyl (C=O) groups excluding carboxylic acids is 1. The molecular formula is C19H32ClN3O3S. The molecule has 2 rings (SSSR count). The Hall–Kier alpha value is -1.15. The smallest absolute Gasteiger partial charge is 0.243 e. The first-order valence-corrected chi connectivity index (χ1v) is 10.6. The molecule has 1 aliphatic carbocycles. The zero-order valence-corrected chi connectivity index (χ0v) is 18.2. The molecule has 2 atom stereocenters. The lowest BCUT2D eigenvalue weighted by molar-refractivity contribution is -0.128. The van der Waals surface area contributed by atoms with Crippen molar-refractivity contribution in [1.82, 2.24) is 9.62 Å². The van der Waals surface area contributed by atoms with E-state index in [1.807, 2.05) is 20.8 Å². The Bertz CT molecular complexity index is 733. The number of amides is 1.